The molecular formula is C19H13N5O2. The van der Waals surface area contributed by atoms with Crippen LogP contribution in [0.15, 0.2) is 65.3 Å². The number of rotatable bonds is 3. The Morgan fingerprint density at radius 1 is 1.08 bits per heavy atom. The zero-order valence-electron chi connectivity index (χ0n) is 13.5. The summed E-state index contributed by atoms with van der Waals surface area (Å²) in [6.45, 7) is 0. The first-order valence-electron chi connectivity index (χ1n) is 8.05. The van der Waals surface area contributed by atoms with E-state index in [-0.39, 0.29) is 5.91 Å². The van der Waals surface area contributed by atoms with Crippen LogP contribution < -0.4 is 5.32 Å². The second kappa shape index (κ2) is 5.59. The Hall–Kier alpha value is -3.87. The molecule has 5 aromatic rings. The van der Waals surface area contributed by atoms with Gasteiger partial charge < -0.3 is 14.7 Å². The van der Waals surface area contributed by atoms with Crippen molar-refractivity contribution in [3.8, 4) is 11.5 Å². The van der Waals surface area contributed by atoms with E-state index in [1.165, 1.54) is 0 Å². The largest absolute Gasteiger partial charge is 0.464 e. The molecule has 3 N–H and O–H groups in total. The molecular weight excluding hydrogens is 330 g/mol. The summed E-state index contributed by atoms with van der Waals surface area (Å²) in [7, 11) is 0. The van der Waals surface area contributed by atoms with Gasteiger partial charge in [-0.05, 0) is 36.4 Å². The Labute approximate surface area is 147 Å². The zero-order chi connectivity index (χ0) is 17.5. The number of imidazole rings is 1. The summed E-state index contributed by atoms with van der Waals surface area (Å²) >= 11 is 0. The van der Waals surface area contributed by atoms with Crippen LogP contribution in [-0.2, 0) is 0 Å². The number of anilines is 1. The Bertz CT molecular complexity index is 1210. The van der Waals surface area contributed by atoms with E-state index in [0.717, 1.165) is 22.0 Å². The first-order chi connectivity index (χ1) is 12.8. The van der Waals surface area contributed by atoms with E-state index >= 15 is 0 Å². The molecule has 0 spiro atoms. The van der Waals surface area contributed by atoms with Crippen LogP contribution in [0, 0.1) is 0 Å². The van der Waals surface area contributed by atoms with Gasteiger partial charge in [-0.15, -0.1) is 0 Å². The van der Waals surface area contributed by atoms with Gasteiger partial charge in [0.15, 0.2) is 11.6 Å². The van der Waals surface area contributed by atoms with Gasteiger partial charge in [0, 0.05) is 17.0 Å². The maximum atomic E-state index is 12.4. The maximum Gasteiger partial charge on any atom is 0.256 e. The van der Waals surface area contributed by atoms with Crippen molar-refractivity contribution in [2.75, 3.05) is 5.32 Å². The number of furan rings is 1. The predicted octanol–water partition coefficient (Wildman–Crippen LogP) is 3.95. The minimum Gasteiger partial charge on any atom is -0.464 e. The summed E-state index contributed by atoms with van der Waals surface area (Å²) in [5, 5.41) is 10.7. The van der Waals surface area contributed by atoms with E-state index in [9.17, 15) is 4.79 Å². The highest BCUT2D eigenvalue weighted by Gasteiger charge is 2.12. The molecule has 1 amide bonds. The number of aromatic nitrogens is 4. The standard InChI is InChI=1S/C19H13N5O2/c25-19(12-5-6-16-11(9-12)7-8-26-16)22-17-10-15(23-24-17)18-20-13-3-1-2-4-14(13)21-18/h1-10H,(H,20,21)(H2,22,23,24,25). The average Bonchev–Trinajstić information content (AvgIpc) is 3.39. The fourth-order valence-corrected chi connectivity index (χ4v) is 2.88. The molecule has 7 nitrogen and oxygen atoms in total. The number of nitrogens with zero attached hydrogens (tertiary/aromatic N) is 2. The number of hydrogen-bond acceptors (Lipinski definition) is 4. The summed E-state index contributed by atoms with van der Waals surface area (Å²) in [6, 6.07) is 16.6. The molecule has 0 fully saturated rings. The number of fused-ring (bicyclic) bond motifs is 2. The summed E-state index contributed by atoms with van der Waals surface area (Å²) < 4.78 is 5.29. The number of H-pyrrole nitrogens is 2. The fourth-order valence-electron chi connectivity index (χ4n) is 2.88. The van der Waals surface area contributed by atoms with Crippen LogP contribution in [0.5, 0.6) is 0 Å². The molecule has 126 valence electrons. The van der Waals surface area contributed by atoms with E-state index < -0.39 is 0 Å². The molecule has 0 aliphatic rings. The monoisotopic (exact) mass is 343 g/mol. The van der Waals surface area contributed by atoms with Gasteiger partial charge in [0.05, 0.1) is 17.3 Å². The molecule has 0 atom stereocenters. The molecule has 0 bridgehead atoms. The Kier molecular flexibility index (Phi) is 3.11. The SMILES string of the molecule is O=C(Nc1cc(-c2nc3ccccc3[nH]2)[nH]n1)c1ccc2occc2c1. The van der Waals surface area contributed by atoms with Crippen molar-refractivity contribution in [2.24, 2.45) is 0 Å². The number of nitrogens with one attached hydrogen (secondary N) is 3. The lowest BCUT2D eigenvalue weighted by atomic mass is 10.1. The minimum absolute atomic E-state index is 0.240. The average molecular weight is 343 g/mol. The van der Waals surface area contributed by atoms with Crippen LogP contribution in [0.2, 0.25) is 0 Å². The second-order valence-electron chi connectivity index (χ2n) is 5.90. The van der Waals surface area contributed by atoms with Crippen molar-refractivity contribution < 1.29 is 9.21 Å². The first-order valence-corrected chi connectivity index (χ1v) is 8.05. The van der Waals surface area contributed by atoms with Gasteiger partial charge in [0.25, 0.3) is 5.91 Å². The third-order valence-corrected chi connectivity index (χ3v) is 4.18. The summed E-state index contributed by atoms with van der Waals surface area (Å²) in [4.78, 5) is 20.2. The smallest absolute Gasteiger partial charge is 0.256 e. The van der Waals surface area contributed by atoms with Crippen LogP contribution in [0.25, 0.3) is 33.5 Å². The predicted molar refractivity (Wildman–Crippen MR) is 97.8 cm³/mol. The normalized spacial score (nSPS) is 11.2. The minimum atomic E-state index is -0.240. The van der Waals surface area contributed by atoms with E-state index in [2.05, 4.69) is 25.5 Å². The van der Waals surface area contributed by atoms with Gasteiger partial charge in [0.2, 0.25) is 0 Å². The van der Waals surface area contributed by atoms with Gasteiger partial charge in [0.1, 0.15) is 11.3 Å². The van der Waals surface area contributed by atoms with E-state index in [4.69, 9.17) is 4.42 Å². The number of hydrogen-bond donors (Lipinski definition) is 3. The van der Waals surface area contributed by atoms with Gasteiger partial charge >= 0.3 is 0 Å². The molecule has 3 aromatic heterocycles. The fraction of sp³-hybridized carbons (Fsp3) is 0. The van der Waals surface area contributed by atoms with Crippen molar-refractivity contribution in [1.82, 2.24) is 20.2 Å². The van der Waals surface area contributed by atoms with Crippen LogP contribution in [0.1, 0.15) is 10.4 Å². The first kappa shape index (κ1) is 14.5. The summed E-state index contributed by atoms with van der Waals surface area (Å²) in [5.74, 6) is 0.854. The van der Waals surface area contributed by atoms with Gasteiger partial charge in [-0.1, -0.05) is 12.1 Å². The maximum absolute atomic E-state index is 12.4. The highest BCUT2D eigenvalue weighted by molar-refractivity contribution is 6.05. The number of benzene rings is 2. The molecule has 0 saturated carbocycles. The number of amides is 1. The van der Waals surface area contributed by atoms with E-state index in [1.807, 2.05) is 30.3 Å². The zero-order valence-corrected chi connectivity index (χ0v) is 13.5. The quantitative estimate of drug-likeness (QED) is 0.462. The molecule has 0 aliphatic carbocycles. The molecule has 5 rings (SSSR count). The summed E-state index contributed by atoms with van der Waals surface area (Å²) in [6.07, 6.45) is 1.60. The molecule has 0 unspecified atom stereocenters. The molecule has 2 aromatic carbocycles. The van der Waals surface area contributed by atoms with Crippen molar-refractivity contribution in [2.45, 2.75) is 0 Å². The van der Waals surface area contributed by atoms with Crippen molar-refractivity contribution >= 4 is 33.7 Å². The van der Waals surface area contributed by atoms with Crippen molar-refractivity contribution in [3.05, 3.63) is 66.4 Å². The number of aromatic amines is 2. The summed E-state index contributed by atoms with van der Waals surface area (Å²) in [5.41, 5.74) is 3.79. The van der Waals surface area contributed by atoms with Crippen molar-refractivity contribution in [3.63, 3.8) is 0 Å². The Morgan fingerprint density at radius 2 is 2.00 bits per heavy atom. The van der Waals surface area contributed by atoms with Crippen LogP contribution >= 0.6 is 0 Å². The lowest BCUT2D eigenvalue weighted by Gasteiger charge is -2.01. The molecule has 0 aliphatic heterocycles. The van der Waals surface area contributed by atoms with Crippen LogP contribution in [0.4, 0.5) is 5.82 Å². The molecule has 3 heterocycles. The topological polar surface area (TPSA) is 99.6 Å². The Morgan fingerprint density at radius 3 is 2.92 bits per heavy atom. The van der Waals surface area contributed by atoms with E-state index in [0.29, 0.717) is 22.9 Å². The molecule has 0 radical (unpaired) electrons. The third kappa shape index (κ3) is 2.42. The lowest BCUT2D eigenvalue weighted by Crippen LogP contribution is -2.11. The van der Waals surface area contributed by atoms with Gasteiger partial charge in [-0.2, -0.15) is 5.10 Å². The third-order valence-electron chi connectivity index (χ3n) is 4.18. The molecule has 0 saturated heterocycles. The number of carbonyl (C=O) groups excluding carboxylic acids is 1. The second-order valence-corrected chi connectivity index (χ2v) is 5.90. The highest BCUT2D eigenvalue weighted by atomic mass is 16.3. The number of para-hydroxylation sites is 2. The van der Waals surface area contributed by atoms with Crippen LogP contribution in [-0.4, -0.2) is 26.1 Å². The molecule has 7 heteroatoms. The number of carbonyl (C=O) groups is 1. The van der Waals surface area contributed by atoms with E-state index in [1.54, 1.807) is 30.5 Å². The molecule has 26 heavy (non-hydrogen) atoms. The Balaban J connectivity index is 1.40. The van der Waals surface area contributed by atoms with Crippen LogP contribution in [0.3, 0.4) is 0 Å². The lowest BCUT2D eigenvalue weighted by molar-refractivity contribution is 0.102. The highest BCUT2D eigenvalue weighted by Crippen LogP contribution is 2.21. The van der Waals surface area contributed by atoms with Gasteiger partial charge in [-0.25, -0.2) is 4.98 Å². The van der Waals surface area contributed by atoms with Crippen molar-refractivity contribution in [1.29, 1.82) is 0 Å². The van der Waals surface area contributed by atoms with Gasteiger partial charge in [-0.3, -0.25) is 9.89 Å².